The molecule has 0 amide bonds. The van der Waals surface area contributed by atoms with E-state index in [1.165, 1.54) is 30.4 Å². The Morgan fingerprint density at radius 3 is 2.36 bits per heavy atom. The van der Waals surface area contributed by atoms with Gasteiger partial charge in [0.1, 0.15) is 0 Å². The van der Waals surface area contributed by atoms with Gasteiger partial charge in [0.2, 0.25) is 0 Å². The summed E-state index contributed by atoms with van der Waals surface area (Å²) in [6, 6.07) is 9.35. The van der Waals surface area contributed by atoms with Gasteiger partial charge in [-0.1, -0.05) is 49.6 Å². The van der Waals surface area contributed by atoms with Gasteiger partial charge in [-0.15, -0.1) is 0 Å². The molecule has 0 spiro atoms. The summed E-state index contributed by atoms with van der Waals surface area (Å²) in [6.07, 6.45) is 3.79. The van der Waals surface area contributed by atoms with E-state index in [-0.39, 0.29) is 0 Å². The molecule has 0 fully saturated rings. The fourth-order valence-corrected chi connectivity index (χ4v) is 1.68. The van der Waals surface area contributed by atoms with E-state index in [1.807, 2.05) is 7.05 Å². The van der Waals surface area contributed by atoms with Gasteiger partial charge in [0.15, 0.2) is 0 Å². The molecule has 0 bridgehead atoms. The van der Waals surface area contributed by atoms with Crippen molar-refractivity contribution in [2.75, 3.05) is 7.05 Å². The second-order valence-corrected chi connectivity index (χ2v) is 3.89. The molecule has 0 heterocycles. The van der Waals surface area contributed by atoms with Crippen molar-refractivity contribution in [2.45, 2.75) is 39.2 Å². The Hall–Kier alpha value is -0.820. The first kappa shape index (κ1) is 11.3. The molecule has 1 nitrogen and oxygen atoms in total. The first-order valence-electron chi connectivity index (χ1n) is 5.51. The minimum atomic E-state index is 0.524. The highest BCUT2D eigenvalue weighted by atomic mass is 14.9. The summed E-state index contributed by atoms with van der Waals surface area (Å²) in [6.45, 7) is 4.37. The summed E-state index contributed by atoms with van der Waals surface area (Å²) in [5, 5.41) is 3.37. The number of benzene rings is 1. The van der Waals surface area contributed by atoms with Crippen LogP contribution < -0.4 is 5.32 Å². The number of nitrogens with one attached hydrogen (secondary N) is 1. The number of unbranched alkanes of at least 4 members (excludes halogenated alkanes) is 1. The van der Waals surface area contributed by atoms with Crippen LogP contribution >= 0.6 is 0 Å². The normalized spacial score (nSPS) is 12.8. The van der Waals surface area contributed by atoms with Crippen molar-refractivity contribution >= 4 is 0 Å². The molecule has 1 N–H and O–H groups in total. The largest absolute Gasteiger partial charge is 0.313 e. The van der Waals surface area contributed by atoms with Gasteiger partial charge in [0.05, 0.1) is 0 Å². The zero-order valence-corrected chi connectivity index (χ0v) is 9.51. The van der Waals surface area contributed by atoms with Gasteiger partial charge in [0, 0.05) is 6.04 Å². The van der Waals surface area contributed by atoms with Crippen molar-refractivity contribution in [3.05, 3.63) is 35.4 Å². The van der Waals surface area contributed by atoms with Crippen LogP contribution in [0.1, 0.15) is 43.4 Å². The average Bonchev–Trinajstić information content (AvgIpc) is 2.21. The Labute approximate surface area is 87.5 Å². The van der Waals surface area contributed by atoms with Crippen molar-refractivity contribution in [1.29, 1.82) is 0 Å². The van der Waals surface area contributed by atoms with E-state index in [9.17, 15) is 0 Å². The molecule has 0 saturated heterocycles. The monoisotopic (exact) mass is 191 g/mol. The van der Waals surface area contributed by atoms with Crippen molar-refractivity contribution in [3.8, 4) is 0 Å². The quantitative estimate of drug-likeness (QED) is 0.751. The molecule has 78 valence electrons. The van der Waals surface area contributed by atoms with Crippen LogP contribution in [0.3, 0.4) is 0 Å². The van der Waals surface area contributed by atoms with Crippen LogP contribution in [0, 0.1) is 6.92 Å². The first-order valence-corrected chi connectivity index (χ1v) is 5.51. The Balaban J connectivity index is 2.64. The SMILES string of the molecule is CCCCC(NC)c1ccc(C)cc1. The highest BCUT2D eigenvalue weighted by Crippen LogP contribution is 2.19. The minimum absolute atomic E-state index is 0.524. The molecule has 1 aromatic carbocycles. The molecule has 14 heavy (non-hydrogen) atoms. The molecular formula is C13H21N. The van der Waals surface area contributed by atoms with Crippen molar-refractivity contribution in [2.24, 2.45) is 0 Å². The minimum Gasteiger partial charge on any atom is -0.313 e. The molecule has 1 rings (SSSR count). The smallest absolute Gasteiger partial charge is 0.0317 e. The van der Waals surface area contributed by atoms with Crippen LogP contribution in [-0.2, 0) is 0 Å². The maximum Gasteiger partial charge on any atom is 0.0317 e. The third kappa shape index (κ3) is 3.15. The summed E-state index contributed by atoms with van der Waals surface area (Å²) < 4.78 is 0. The van der Waals surface area contributed by atoms with Gasteiger partial charge in [-0.05, 0) is 26.0 Å². The standard InChI is InChI=1S/C13H21N/c1-4-5-6-13(14-3)12-9-7-11(2)8-10-12/h7-10,13-14H,4-6H2,1-3H3. The van der Waals surface area contributed by atoms with E-state index in [2.05, 4.69) is 43.4 Å². The second kappa shape index (κ2) is 5.82. The molecule has 1 heteroatoms. The number of hydrogen-bond donors (Lipinski definition) is 1. The lowest BCUT2D eigenvalue weighted by Crippen LogP contribution is -2.16. The van der Waals surface area contributed by atoms with Crippen molar-refractivity contribution < 1.29 is 0 Å². The Morgan fingerprint density at radius 1 is 1.21 bits per heavy atom. The highest BCUT2D eigenvalue weighted by Gasteiger charge is 2.07. The van der Waals surface area contributed by atoms with Crippen LogP contribution in [0.2, 0.25) is 0 Å². The first-order chi connectivity index (χ1) is 6.77. The molecule has 0 aliphatic carbocycles. The molecule has 0 saturated carbocycles. The summed E-state index contributed by atoms with van der Waals surface area (Å²) in [4.78, 5) is 0. The molecule has 1 unspecified atom stereocenters. The lowest BCUT2D eigenvalue weighted by molar-refractivity contribution is 0.523. The summed E-state index contributed by atoms with van der Waals surface area (Å²) in [5.74, 6) is 0. The van der Waals surface area contributed by atoms with Crippen LogP contribution in [0.15, 0.2) is 24.3 Å². The fraction of sp³-hybridized carbons (Fsp3) is 0.538. The van der Waals surface area contributed by atoms with Crippen LogP contribution in [0.5, 0.6) is 0 Å². The van der Waals surface area contributed by atoms with Gasteiger partial charge < -0.3 is 5.32 Å². The van der Waals surface area contributed by atoms with Gasteiger partial charge in [-0.3, -0.25) is 0 Å². The topological polar surface area (TPSA) is 12.0 Å². The van der Waals surface area contributed by atoms with E-state index < -0.39 is 0 Å². The van der Waals surface area contributed by atoms with E-state index >= 15 is 0 Å². The van der Waals surface area contributed by atoms with Crippen molar-refractivity contribution in [1.82, 2.24) is 5.32 Å². The number of aryl methyl sites for hydroxylation is 1. The lowest BCUT2D eigenvalue weighted by atomic mass is 10.0. The molecular weight excluding hydrogens is 170 g/mol. The Bertz CT molecular complexity index is 250. The van der Waals surface area contributed by atoms with E-state index in [0.29, 0.717) is 6.04 Å². The van der Waals surface area contributed by atoms with E-state index in [1.54, 1.807) is 0 Å². The number of rotatable bonds is 5. The maximum atomic E-state index is 3.37. The van der Waals surface area contributed by atoms with Crippen LogP contribution in [0.4, 0.5) is 0 Å². The summed E-state index contributed by atoms with van der Waals surface area (Å²) in [5.41, 5.74) is 2.74. The summed E-state index contributed by atoms with van der Waals surface area (Å²) >= 11 is 0. The highest BCUT2D eigenvalue weighted by molar-refractivity contribution is 5.23. The molecule has 0 aliphatic heterocycles. The second-order valence-electron chi connectivity index (χ2n) is 3.89. The Morgan fingerprint density at radius 2 is 1.86 bits per heavy atom. The number of hydrogen-bond acceptors (Lipinski definition) is 1. The fourth-order valence-electron chi connectivity index (χ4n) is 1.68. The van der Waals surface area contributed by atoms with Gasteiger partial charge in [-0.2, -0.15) is 0 Å². The van der Waals surface area contributed by atoms with Gasteiger partial charge in [-0.25, -0.2) is 0 Å². The summed E-state index contributed by atoms with van der Waals surface area (Å²) in [7, 11) is 2.04. The van der Waals surface area contributed by atoms with E-state index in [0.717, 1.165) is 0 Å². The zero-order chi connectivity index (χ0) is 10.4. The van der Waals surface area contributed by atoms with Crippen LogP contribution in [-0.4, -0.2) is 7.05 Å². The molecule has 0 aliphatic rings. The predicted molar refractivity (Wildman–Crippen MR) is 62.5 cm³/mol. The third-order valence-electron chi connectivity index (χ3n) is 2.67. The molecule has 0 aromatic heterocycles. The average molecular weight is 191 g/mol. The van der Waals surface area contributed by atoms with E-state index in [4.69, 9.17) is 0 Å². The van der Waals surface area contributed by atoms with Crippen molar-refractivity contribution in [3.63, 3.8) is 0 Å². The predicted octanol–water partition coefficient (Wildman–Crippen LogP) is 3.45. The van der Waals surface area contributed by atoms with Gasteiger partial charge in [0.25, 0.3) is 0 Å². The molecule has 1 atom stereocenters. The third-order valence-corrected chi connectivity index (χ3v) is 2.67. The molecule has 0 radical (unpaired) electrons. The lowest BCUT2D eigenvalue weighted by Gasteiger charge is -2.16. The van der Waals surface area contributed by atoms with Gasteiger partial charge >= 0.3 is 0 Å². The van der Waals surface area contributed by atoms with Crippen LogP contribution in [0.25, 0.3) is 0 Å². The molecule has 1 aromatic rings. The zero-order valence-electron chi connectivity index (χ0n) is 9.51. The Kier molecular flexibility index (Phi) is 4.68. The maximum absolute atomic E-state index is 3.37.